The van der Waals surface area contributed by atoms with Gasteiger partial charge in [0.05, 0.1) is 19.8 Å². The van der Waals surface area contributed by atoms with Gasteiger partial charge in [-0.25, -0.2) is 0 Å². The molecule has 0 bridgehead atoms. The number of aliphatic hydroxyl groups excluding tert-OH is 4. The second-order valence-electron chi connectivity index (χ2n) is 15.1. The van der Waals surface area contributed by atoms with Gasteiger partial charge in [0.2, 0.25) is 0 Å². The lowest BCUT2D eigenvalue weighted by Gasteiger charge is -2.39. The van der Waals surface area contributed by atoms with Crippen LogP contribution in [0.15, 0.2) is 48.6 Å². The van der Waals surface area contributed by atoms with Gasteiger partial charge in [0, 0.05) is 13.0 Å². The fourth-order valence-corrected chi connectivity index (χ4v) is 6.50. The Morgan fingerprint density at radius 2 is 1.11 bits per heavy atom. The van der Waals surface area contributed by atoms with Gasteiger partial charge in [-0.3, -0.25) is 4.79 Å². The average molecular weight is 779 g/mol. The van der Waals surface area contributed by atoms with Gasteiger partial charge in [0.15, 0.2) is 6.29 Å². The van der Waals surface area contributed by atoms with Crippen LogP contribution in [0.5, 0.6) is 0 Å². The number of rotatable bonds is 37. The first-order chi connectivity index (χ1) is 26.9. The summed E-state index contributed by atoms with van der Waals surface area (Å²) in [5.74, 6) is -0.328. The third-order valence-electron chi connectivity index (χ3n) is 9.98. The van der Waals surface area contributed by atoms with Crippen LogP contribution in [0.2, 0.25) is 0 Å². The maximum absolute atomic E-state index is 12.8. The van der Waals surface area contributed by atoms with Crippen molar-refractivity contribution in [3.05, 3.63) is 48.6 Å². The van der Waals surface area contributed by atoms with Crippen LogP contribution in [0, 0.1) is 0 Å². The molecule has 1 heterocycles. The predicted molar refractivity (Wildman–Crippen MR) is 224 cm³/mol. The Morgan fingerprint density at radius 3 is 1.69 bits per heavy atom. The largest absolute Gasteiger partial charge is 0.457 e. The first kappa shape index (κ1) is 51.2. The standard InChI is InChI=1S/C46H82O9/c1-3-5-7-9-11-13-15-17-19-20-21-22-23-25-27-29-31-33-35-42(48)54-40(39-53-46-45(51)44(50)43(49)41(37-47)55-46)38-52-36-34-32-30-28-26-24-18-16-14-12-10-8-6-4-2/h6,8,12,14,18-20,24,40-41,43-47,49-51H,3-5,7,9-11,13,15-17,21-23,25-39H2,1-2H3/b8-6-,14-12-,20-19-,24-18-. The molecule has 0 aromatic heterocycles. The van der Waals surface area contributed by atoms with Gasteiger partial charge >= 0.3 is 5.97 Å². The maximum atomic E-state index is 12.8. The third kappa shape index (κ3) is 29.1. The van der Waals surface area contributed by atoms with E-state index < -0.39 is 43.4 Å². The van der Waals surface area contributed by atoms with E-state index in [0.717, 1.165) is 70.6 Å². The van der Waals surface area contributed by atoms with Crippen molar-refractivity contribution in [2.24, 2.45) is 0 Å². The zero-order valence-electron chi connectivity index (χ0n) is 34.9. The number of aliphatic hydroxyl groups is 4. The van der Waals surface area contributed by atoms with Crippen LogP contribution in [0.3, 0.4) is 0 Å². The number of carbonyl (C=O) groups excluding carboxylic acids is 1. The van der Waals surface area contributed by atoms with E-state index in [1.165, 1.54) is 83.5 Å². The fourth-order valence-electron chi connectivity index (χ4n) is 6.50. The van der Waals surface area contributed by atoms with Crippen molar-refractivity contribution in [1.29, 1.82) is 0 Å². The first-order valence-electron chi connectivity index (χ1n) is 22.2. The van der Waals surface area contributed by atoms with E-state index in [2.05, 4.69) is 62.5 Å². The number of carbonyl (C=O) groups is 1. The number of ether oxygens (including phenoxy) is 4. The number of allylic oxidation sites excluding steroid dienone is 8. The van der Waals surface area contributed by atoms with Crippen LogP contribution < -0.4 is 0 Å². The van der Waals surface area contributed by atoms with Crippen LogP contribution in [0.4, 0.5) is 0 Å². The summed E-state index contributed by atoms with van der Waals surface area (Å²) in [4.78, 5) is 12.8. The second kappa shape index (κ2) is 37.7. The highest BCUT2D eigenvalue weighted by Crippen LogP contribution is 2.22. The molecule has 1 aliphatic heterocycles. The monoisotopic (exact) mass is 779 g/mol. The zero-order chi connectivity index (χ0) is 40.0. The van der Waals surface area contributed by atoms with Crippen LogP contribution >= 0.6 is 0 Å². The average Bonchev–Trinajstić information content (AvgIpc) is 3.18. The van der Waals surface area contributed by atoms with Crippen molar-refractivity contribution >= 4 is 5.97 Å². The number of unbranched alkanes of at least 4 members (excludes halogenated alkanes) is 18. The Balaban J connectivity index is 2.28. The number of esters is 1. The molecule has 0 aromatic carbocycles. The van der Waals surface area contributed by atoms with Gasteiger partial charge in [0.1, 0.15) is 30.5 Å². The van der Waals surface area contributed by atoms with E-state index in [1.807, 2.05) is 0 Å². The quantitative estimate of drug-likeness (QED) is 0.0276. The molecule has 4 N–H and O–H groups in total. The molecular formula is C46H82O9. The van der Waals surface area contributed by atoms with Gasteiger partial charge in [-0.1, -0.05) is 146 Å². The fraction of sp³-hybridized carbons (Fsp3) is 0.804. The van der Waals surface area contributed by atoms with Crippen molar-refractivity contribution in [1.82, 2.24) is 0 Å². The highest BCUT2D eigenvalue weighted by atomic mass is 16.7. The van der Waals surface area contributed by atoms with E-state index in [0.29, 0.717) is 13.0 Å². The lowest BCUT2D eigenvalue weighted by atomic mass is 9.99. The molecule has 1 aliphatic rings. The number of hydrogen-bond acceptors (Lipinski definition) is 9. The predicted octanol–water partition coefficient (Wildman–Crippen LogP) is 9.75. The van der Waals surface area contributed by atoms with Crippen molar-refractivity contribution in [3.8, 4) is 0 Å². The lowest BCUT2D eigenvalue weighted by molar-refractivity contribution is -0.305. The first-order valence-corrected chi connectivity index (χ1v) is 22.2. The SMILES string of the molecule is CC/C=C\C/C=C\C/C=C\CCCCCCOCC(COC1OC(CO)C(O)C(O)C1O)OC(=O)CCCCCCCCC/C=C\CCCCCCCCC. The molecule has 0 radical (unpaired) electrons. The minimum absolute atomic E-state index is 0.125. The summed E-state index contributed by atoms with van der Waals surface area (Å²) in [5, 5.41) is 40.1. The van der Waals surface area contributed by atoms with Crippen LogP contribution in [0.1, 0.15) is 174 Å². The topological polar surface area (TPSA) is 135 Å². The smallest absolute Gasteiger partial charge is 0.306 e. The van der Waals surface area contributed by atoms with E-state index in [1.54, 1.807) is 0 Å². The van der Waals surface area contributed by atoms with Gasteiger partial charge < -0.3 is 39.4 Å². The second-order valence-corrected chi connectivity index (χ2v) is 15.1. The summed E-state index contributed by atoms with van der Waals surface area (Å²) in [6.45, 7) is 4.38. The summed E-state index contributed by atoms with van der Waals surface area (Å²) in [7, 11) is 0. The van der Waals surface area contributed by atoms with Crippen molar-refractivity contribution in [3.63, 3.8) is 0 Å². The van der Waals surface area contributed by atoms with Crippen molar-refractivity contribution in [2.75, 3.05) is 26.4 Å². The van der Waals surface area contributed by atoms with Gasteiger partial charge in [-0.05, 0) is 70.6 Å². The normalized spacial score (nSPS) is 21.2. The molecule has 0 spiro atoms. The third-order valence-corrected chi connectivity index (χ3v) is 9.98. The Labute approximate surface area is 335 Å². The molecule has 1 saturated heterocycles. The van der Waals surface area contributed by atoms with Gasteiger partial charge in [0.25, 0.3) is 0 Å². The molecule has 6 atom stereocenters. The molecule has 0 saturated carbocycles. The summed E-state index contributed by atoms with van der Waals surface area (Å²) in [5.41, 5.74) is 0. The van der Waals surface area contributed by atoms with Crippen LogP contribution in [-0.4, -0.2) is 89.6 Å². The highest BCUT2D eigenvalue weighted by Gasteiger charge is 2.44. The Kier molecular flexibility index (Phi) is 35.1. The molecule has 6 unspecified atom stereocenters. The molecule has 1 fully saturated rings. The van der Waals surface area contributed by atoms with E-state index in [4.69, 9.17) is 18.9 Å². The summed E-state index contributed by atoms with van der Waals surface area (Å²) < 4.78 is 22.8. The van der Waals surface area contributed by atoms with E-state index in [-0.39, 0.29) is 19.2 Å². The van der Waals surface area contributed by atoms with Crippen LogP contribution in [0.25, 0.3) is 0 Å². The lowest BCUT2D eigenvalue weighted by Crippen LogP contribution is -2.59. The van der Waals surface area contributed by atoms with E-state index >= 15 is 0 Å². The van der Waals surface area contributed by atoms with Gasteiger partial charge in [-0.15, -0.1) is 0 Å². The molecule has 1 rings (SSSR count). The Hall–Kier alpha value is -1.85. The van der Waals surface area contributed by atoms with Crippen molar-refractivity contribution < 1.29 is 44.2 Å². The minimum atomic E-state index is -1.54. The maximum Gasteiger partial charge on any atom is 0.306 e. The molecule has 9 nitrogen and oxygen atoms in total. The minimum Gasteiger partial charge on any atom is -0.457 e. The van der Waals surface area contributed by atoms with Crippen molar-refractivity contribution in [2.45, 2.75) is 211 Å². The molecule has 0 aliphatic carbocycles. The molecule has 9 heteroatoms. The summed E-state index contributed by atoms with van der Waals surface area (Å²) >= 11 is 0. The molecule has 320 valence electrons. The molecule has 55 heavy (non-hydrogen) atoms. The zero-order valence-corrected chi connectivity index (χ0v) is 34.9. The Bertz CT molecular complexity index is 978. The van der Waals surface area contributed by atoms with Crippen LogP contribution in [-0.2, 0) is 23.7 Å². The Morgan fingerprint density at radius 1 is 0.600 bits per heavy atom. The molecular weight excluding hydrogens is 696 g/mol. The van der Waals surface area contributed by atoms with E-state index in [9.17, 15) is 25.2 Å². The molecule has 0 aromatic rings. The highest BCUT2D eigenvalue weighted by molar-refractivity contribution is 5.69. The summed E-state index contributed by atoms with van der Waals surface area (Å²) in [6.07, 6.45) is 38.5. The summed E-state index contributed by atoms with van der Waals surface area (Å²) in [6, 6.07) is 0. The van der Waals surface area contributed by atoms with Gasteiger partial charge in [-0.2, -0.15) is 0 Å². The number of hydrogen-bond donors (Lipinski definition) is 4. The molecule has 0 amide bonds.